The van der Waals surface area contributed by atoms with Crippen molar-refractivity contribution < 1.29 is 7.86 Å². The van der Waals surface area contributed by atoms with Crippen LogP contribution in [0.2, 0.25) is 0 Å². The molecule has 0 fully saturated rings. The van der Waals surface area contributed by atoms with Crippen molar-refractivity contribution in [2.75, 3.05) is 0 Å². The molecular weight excluding hydrogens is 365 g/mol. The van der Waals surface area contributed by atoms with Crippen LogP contribution in [0.4, 0.5) is 0 Å². The van der Waals surface area contributed by atoms with Crippen LogP contribution in [0.3, 0.4) is 0 Å². The fraction of sp³-hybridized carbons (Fsp3) is 0.0625. The number of benzene rings is 2. The van der Waals surface area contributed by atoms with Crippen molar-refractivity contribution in [1.82, 2.24) is 4.57 Å². The van der Waals surface area contributed by atoms with E-state index in [1.807, 2.05) is 43.4 Å². The number of rotatable bonds is 1. The maximum atomic E-state index is 12.0. The summed E-state index contributed by atoms with van der Waals surface area (Å²) < 4.78 is 10.2. The Bertz CT molecular complexity index is 837. The predicted molar refractivity (Wildman–Crippen MR) is 86.2 cm³/mol. The molecule has 2 heterocycles. The SMILES string of the molecule is Cn1cc(I2OC(=O)c3ccccc32)c2ccccc21. The summed E-state index contributed by atoms with van der Waals surface area (Å²) in [5.74, 6) is -0.168. The summed E-state index contributed by atoms with van der Waals surface area (Å²) in [4.78, 5) is 12.0. The molecule has 1 aliphatic heterocycles. The number of carbonyl (C=O) groups excluding carboxylic acids is 1. The molecule has 4 rings (SSSR count). The molecular formula is C16H12INO2. The Morgan fingerprint density at radius 1 is 1.00 bits per heavy atom. The first-order valence-corrected chi connectivity index (χ1v) is 9.35. The van der Waals surface area contributed by atoms with Gasteiger partial charge < -0.3 is 0 Å². The number of carbonyl (C=O) groups is 1. The molecule has 0 N–H and O–H groups in total. The molecule has 0 saturated heterocycles. The normalized spacial score (nSPS) is 15.4. The zero-order chi connectivity index (χ0) is 13.7. The summed E-state index contributed by atoms with van der Waals surface area (Å²) in [6.07, 6.45) is 2.12. The van der Waals surface area contributed by atoms with Crippen LogP contribution >= 0.6 is 20.2 Å². The second-order valence-corrected chi connectivity index (χ2v) is 8.88. The molecule has 1 aromatic heterocycles. The Kier molecular flexibility index (Phi) is 2.60. The quantitative estimate of drug-likeness (QED) is 0.604. The van der Waals surface area contributed by atoms with Crippen LogP contribution in [0.25, 0.3) is 10.9 Å². The number of halogens is 1. The predicted octanol–water partition coefficient (Wildman–Crippen LogP) is 3.81. The van der Waals surface area contributed by atoms with Crippen molar-refractivity contribution in [3.8, 4) is 0 Å². The van der Waals surface area contributed by atoms with Crippen molar-refractivity contribution in [2.45, 2.75) is 0 Å². The molecule has 2 aromatic carbocycles. The Balaban J connectivity index is 1.96. The van der Waals surface area contributed by atoms with Crippen molar-refractivity contribution in [1.29, 1.82) is 0 Å². The summed E-state index contributed by atoms with van der Waals surface area (Å²) in [5, 5.41) is 1.20. The van der Waals surface area contributed by atoms with Gasteiger partial charge in [0.1, 0.15) is 0 Å². The van der Waals surface area contributed by atoms with Gasteiger partial charge in [-0.1, -0.05) is 0 Å². The second-order valence-electron chi connectivity index (χ2n) is 4.70. The van der Waals surface area contributed by atoms with E-state index in [-0.39, 0.29) is 5.97 Å². The number of hydrogen-bond donors (Lipinski definition) is 0. The number of fused-ring (bicyclic) bond motifs is 2. The van der Waals surface area contributed by atoms with E-state index in [9.17, 15) is 4.79 Å². The molecule has 0 amide bonds. The Morgan fingerprint density at radius 2 is 1.75 bits per heavy atom. The minimum absolute atomic E-state index is 0.168. The molecule has 0 bridgehead atoms. The molecule has 0 unspecified atom stereocenters. The zero-order valence-electron chi connectivity index (χ0n) is 10.8. The third-order valence-corrected chi connectivity index (χ3v) is 8.21. The van der Waals surface area contributed by atoms with Crippen molar-refractivity contribution in [2.24, 2.45) is 7.05 Å². The van der Waals surface area contributed by atoms with E-state index in [0.717, 1.165) is 9.13 Å². The van der Waals surface area contributed by atoms with E-state index in [2.05, 4.69) is 22.9 Å². The van der Waals surface area contributed by atoms with Crippen LogP contribution in [-0.2, 0) is 10.1 Å². The molecule has 100 valence electrons. The first kappa shape index (κ1) is 12.0. The van der Waals surface area contributed by atoms with Gasteiger partial charge in [-0.05, 0) is 0 Å². The topological polar surface area (TPSA) is 31.2 Å². The van der Waals surface area contributed by atoms with Gasteiger partial charge in [0.15, 0.2) is 0 Å². The van der Waals surface area contributed by atoms with Crippen LogP contribution in [0.15, 0.2) is 54.7 Å². The van der Waals surface area contributed by atoms with Gasteiger partial charge in [-0.25, -0.2) is 0 Å². The summed E-state index contributed by atoms with van der Waals surface area (Å²) in [5.41, 5.74) is 1.92. The first-order valence-electron chi connectivity index (χ1n) is 6.31. The van der Waals surface area contributed by atoms with Crippen LogP contribution < -0.4 is 0 Å². The number of para-hydroxylation sites is 1. The second kappa shape index (κ2) is 4.34. The van der Waals surface area contributed by atoms with Gasteiger partial charge in [0, 0.05) is 0 Å². The van der Waals surface area contributed by atoms with E-state index in [1.165, 1.54) is 14.5 Å². The molecule has 20 heavy (non-hydrogen) atoms. The molecule has 0 saturated carbocycles. The van der Waals surface area contributed by atoms with E-state index < -0.39 is 20.2 Å². The summed E-state index contributed by atoms with van der Waals surface area (Å²) >= 11 is -2.10. The Labute approximate surface area is 124 Å². The van der Waals surface area contributed by atoms with Gasteiger partial charge in [-0.15, -0.1) is 0 Å². The fourth-order valence-electron chi connectivity index (χ4n) is 2.51. The number of aromatic nitrogens is 1. The van der Waals surface area contributed by atoms with Gasteiger partial charge in [0.25, 0.3) is 0 Å². The van der Waals surface area contributed by atoms with Gasteiger partial charge in [-0.2, -0.15) is 0 Å². The molecule has 1 aliphatic rings. The molecule has 4 heteroatoms. The fourth-order valence-corrected chi connectivity index (χ4v) is 7.36. The summed E-state index contributed by atoms with van der Waals surface area (Å²) in [7, 11) is 2.03. The van der Waals surface area contributed by atoms with E-state index in [4.69, 9.17) is 3.07 Å². The molecule has 0 radical (unpaired) electrons. The van der Waals surface area contributed by atoms with E-state index in [0.29, 0.717) is 0 Å². The van der Waals surface area contributed by atoms with Crippen LogP contribution in [-0.4, -0.2) is 10.5 Å². The van der Waals surface area contributed by atoms with Crippen LogP contribution in [0.5, 0.6) is 0 Å². The molecule has 0 aliphatic carbocycles. The molecule has 0 spiro atoms. The third kappa shape index (κ3) is 1.61. The van der Waals surface area contributed by atoms with E-state index in [1.54, 1.807) is 0 Å². The van der Waals surface area contributed by atoms with Gasteiger partial charge >= 0.3 is 124 Å². The monoisotopic (exact) mass is 377 g/mol. The Morgan fingerprint density at radius 3 is 2.65 bits per heavy atom. The zero-order valence-corrected chi connectivity index (χ0v) is 13.0. The molecule has 3 aromatic rings. The van der Waals surface area contributed by atoms with Crippen LogP contribution in [0, 0.1) is 7.14 Å². The minimum atomic E-state index is -2.10. The third-order valence-electron chi connectivity index (χ3n) is 3.46. The average Bonchev–Trinajstić information content (AvgIpc) is 2.99. The van der Waals surface area contributed by atoms with Gasteiger partial charge in [-0.3, -0.25) is 0 Å². The van der Waals surface area contributed by atoms with Crippen molar-refractivity contribution in [3.63, 3.8) is 0 Å². The average molecular weight is 377 g/mol. The molecule has 3 nitrogen and oxygen atoms in total. The Hall–Kier alpha value is -1.82. The van der Waals surface area contributed by atoms with Crippen molar-refractivity contribution >= 4 is 37.1 Å². The van der Waals surface area contributed by atoms with Crippen molar-refractivity contribution in [3.05, 3.63) is 67.4 Å². The van der Waals surface area contributed by atoms with Gasteiger partial charge in [0.05, 0.1) is 0 Å². The number of nitrogens with zero attached hydrogens (tertiary/aromatic N) is 1. The van der Waals surface area contributed by atoms with Gasteiger partial charge in [0.2, 0.25) is 0 Å². The standard InChI is InChI=1S/C16H12INO2/c1-18-10-14(11-6-3-5-9-15(11)18)17-13-8-4-2-7-12(13)16(19)20-17/h2-10H,1H3. The van der Waals surface area contributed by atoms with E-state index >= 15 is 0 Å². The summed E-state index contributed by atoms with van der Waals surface area (Å²) in [6.45, 7) is 0. The maximum absolute atomic E-state index is 12.0. The number of aryl methyl sites for hydroxylation is 1. The molecule has 0 atom stereocenters. The summed E-state index contributed by atoms with van der Waals surface area (Å²) in [6, 6.07) is 16.0. The first-order chi connectivity index (χ1) is 9.75. The number of hydrogen-bond acceptors (Lipinski definition) is 2. The van der Waals surface area contributed by atoms with Crippen LogP contribution in [0.1, 0.15) is 10.4 Å².